The summed E-state index contributed by atoms with van der Waals surface area (Å²) in [5, 5.41) is 4.05. The first-order valence-corrected chi connectivity index (χ1v) is 5.44. The zero-order valence-corrected chi connectivity index (χ0v) is 9.92. The fraction of sp³-hybridized carbons (Fsp3) is 0.143. The molecule has 0 saturated carbocycles. The number of carbonyl (C=O) groups excluding carboxylic acids is 1. The number of nitrogens with zero attached hydrogens (tertiary/aromatic N) is 2. The molecule has 0 unspecified atom stereocenters. The van der Waals surface area contributed by atoms with Crippen LogP contribution in [0.5, 0.6) is 0 Å². The molecule has 3 nitrogen and oxygen atoms in total. The van der Waals surface area contributed by atoms with Crippen molar-refractivity contribution in [3.8, 4) is 0 Å². The van der Waals surface area contributed by atoms with E-state index in [0.717, 1.165) is 5.56 Å². The first-order chi connectivity index (χ1) is 8.15. The van der Waals surface area contributed by atoms with Crippen molar-refractivity contribution >= 4 is 11.9 Å². The summed E-state index contributed by atoms with van der Waals surface area (Å²) < 4.78 is 1.62. The summed E-state index contributed by atoms with van der Waals surface area (Å²) in [4.78, 5) is 11.7. The van der Waals surface area contributed by atoms with Crippen LogP contribution in [0.1, 0.15) is 21.6 Å². The molecule has 0 aliphatic carbocycles. The fourth-order valence-corrected chi connectivity index (χ4v) is 1.48. The first kappa shape index (κ1) is 11.3. The maximum Gasteiger partial charge on any atom is 0.206 e. The van der Waals surface area contributed by atoms with Gasteiger partial charge in [-0.15, -0.1) is 0 Å². The number of aromatic nitrogens is 2. The van der Waals surface area contributed by atoms with Gasteiger partial charge < -0.3 is 0 Å². The summed E-state index contributed by atoms with van der Waals surface area (Å²) in [6, 6.07) is 9.71. The van der Waals surface area contributed by atoms with Crippen LogP contribution in [0.2, 0.25) is 0 Å². The number of allylic oxidation sites excluding steroid dienone is 1. The second-order valence-corrected chi connectivity index (χ2v) is 3.98. The van der Waals surface area contributed by atoms with Crippen molar-refractivity contribution in [1.82, 2.24) is 9.78 Å². The highest BCUT2D eigenvalue weighted by molar-refractivity contribution is 6.05. The molecule has 0 saturated heterocycles. The predicted octanol–water partition coefficient (Wildman–Crippen LogP) is 2.62. The number of rotatable bonds is 3. The Morgan fingerprint density at radius 3 is 2.53 bits per heavy atom. The predicted molar refractivity (Wildman–Crippen MR) is 67.8 cm³/mol. The van der Waals surface area contributed by atoms with E-state index in [-0.39, 0.29) is 5.78 Å². The van der Waals surface area contributed by atoms with Gasteiger partial charge >= 0.3 is 0 Å². The number of hydrogen-bond donors (Lipinski definition) is 0. The molecular weight excluding hydrogens is 212 g/mol. The van der Waals surface area contributed by atoms with Gasteiger partial charge in [-0.2, -0.15) is 5.10 Å². The molecule has 0 aliphatic rings. The average molecular weight is 226 g/mol. The molecule has 2 rings (SSSR count). The van der Waals surface area contributed by atoms with E-state index in [1.807, 2.05) is 31.2 Å². The maximum absolute atomic E-state index is 11.7. The van der Waals surface area contributed by atoms with E-state index >= 15 is 0 Å². The summed E-state index contributed by atoms with van der Waals surface area (Å²) in [5.41, 5.74) is 2.69. The van der Waals surface area contributed by atoms with Gasteiger partial charge in [0.05, 0.1) is 0 Å². The zero-order valence-electron chi connectivity index (χ0n) is 9.92. The van der Waals surface area contributed by atoms with Crippen LogP contribution in [-0.4, -0.2) is 15.6 Å². The van der Waals surface area contributed by atoms with Crippen LogP contribution in [0.25, 0.3) is 6.08 Å². The molecule has 0 N–H and O–H groups in total. The lowest BCUT2D eigenvalue weighted by Crippen LogP contribution is -1.97. The number of ketones is 1. The SMILES string of the molecule is Cc1ccc(/C=C/C(=O)c2ccn(C)n2)cc1. The molecule has 0 aliphatic heterocycles. The van der Waals surface area contributed by atoms with Gasteiger partial charge in [-0.3, -0.25) is 9.48 Å². The van der Waals surface area contributed by atoms with Crippen molar-refractivity contribution in [2.24, 2.45) is 7.05 Å². The van der Waals surface area contributed by atoms with Crippen molar-refractivity contribution in [1.29, 1.82) is 0 Å². The molecule has 1 aromatic carbocycles. The molecule has 17 heavy (non-hydrogen) atoms. The van der Waals surface area contributed by atoms with Gasteiger partial charge in [0.15, 0.2) is 0 Å². The van der Waals surface area contributed by atoms with E-state index in [9.17, 15) is 4.79 Å². The zero-order chi connectivity index (χ0) is 12.3. The summed E-state index contributed by atoms with van der Waals surface area (Å²) in [6.07, 6.45) is 5.11. The summed E-state index contributed by atoms with van der Waals surface area (Å²) in [6.45, 7) is 2.03. The minimum absolute atomic E-state index is 0.0776. The van der Waals surface area contributed by atoms with Gasteiger partial charge in [0.2, 0.25) is 5.78 Å². The molecule has 0 bridgehead atoms. The molecule has 1 heterocycles. The van der Waals surface area contributed by atoms with Crippen LogP contribution in [0.4, 0.5) is 0 Å². The Labute approximate surface area is 100 Å². The van der Waals surface area contributed by atoms with Crippen molar-refractivity contribution < 1.29 is 4.79 Å². The second-order valence-electron chi connectivity index (χ2n) is 3.98. The Hall–Kier alpha value is -2.16. The maximum atomic E-state index is 11.7. The summed E-state index contributed by atoms with van der Waals surface area (Å²) in [7, 11) is 1.79. The highest BCUT2D eigenvalue weighted by Gasteiger charge is 2.03. The third-order valence-corrected chi connectivity index (χ3v) is 2.47. The third kappa shape index (κ3) is 2.91. The van der Waals surface area contributed by atoms with Gasteiger partial charge in [0, 0.05) is 13.2 Å². The molecule has 0 fully saturated rings. The molecule has 86 valence electrons. The van der Waals surface area contributed by atoms with Crippen molar-refractivity contribution in [2.45, 2.75) is 6.92 Å². The smallest absolute Gasteiger partial charge is 0.206 e. The first-order valence-electron chi connectivity index (χ1n) is 5.44. The lowest BCUT2D eigenvalue weighted by atomic mass is 10.1. The van der Waals surface area contributed by atoms with Crippen LogP contribution in [0.3, 0.4) is 0 Å². The van der Waals surface area contributed by atoms with Crippen LogP contribution >= 0.6 is 0 Å². The van der Waals surface area contributed by atoms with Gasteiger partial charge in [0.1, 0.15) is 5.69 Å². The van der Waals surface area contributed by atoms with Crippen LogP contribution in [0.15, 0.2) is 42.6 Å². The molecular formula is C14H14N2O. The number of carbonyl (C=O) groups is 1. The van der Waals surface area contributed by atoms with Crippen LogP contribution in [-0.2, 0) is 7.05 Å². The third-order valence-electron chi connectivity index (χ3n) is 2.47. The van der Waals surface area contributed by atoms with Crippen molar-refractivity contribution in [3.05, 3.63) is 59.4 Å². The van der Waals surface area contributed by atoms with E-state index in [2.05, 4.69) is 5.10 Å². The number of benzene rings is 1. The van der Waals surface area contributed by atoms with Gasteiger partial charge in [-0.25, -0.2) is 0 Å². The Morgan fingerprint density at radius 1 is 1.24 bits per heavy atom. The molecule has 2 aromatic rings. The van der Waals surface area contributed by atoms with E-state index < -0.39 is 0 Å². The van der Waals surface area contributed by atoms with Crippen molar-refractivity contribution in [3.63, 3.8) is 0 Å². The number of hydrogen-bond acceptors (Lipinski definition) is 2. The second kappa shape index (κ2) is 4.78. The topological polar surface area (TPSA) is 34.9 Å². The van der Waals surface area contributed by atoms with E-state index in [1.165, 1.54) is 5.56 Å². The highest BCUT2D eigenvalue weighted by atomic mass is 16.1. The molecule has 3 heteroatoms. The normalized spacial score (nSPS) is 10.9. The Kier molecular flexibility index (Phi) is 3.19. The standard InChI is InChI=1S/C14H14N2O/c1-11-3-5-12(6-4-11)7-8-14(17)13-9-10-16(2)15-13/h3-10H,1-2H3/b8-7+. The van der Waals surface area contributed by atoms with Gasteiger partial charge in [0.25, 0.3) is 0 Å². The fourth-order valence-electron chi connectivity index (χ4n) is 1.48. The quantitative estimate of drug-likeness (QED) is 0.595. The molecule has 1 aromatic heterocycles. The van der Waals surface area contributed by atoms with Crippen LogP contribution < -0.4 is 0 Å². The molecule has 0 atom stereocenters. The van der Waals surface area contributed by atoms with Gasteiger partial charge in [-0.05, 0) is 24.6 Å². The van der Waals surface area contributed by atoms with E-state index in [1.54, 1.807) is 36.1 Å². The van der Waals surface area contributed by atoms with Crippen LogP contribution in [0, 0.1) is 6.92 Å². The lowest BCUT2D eigenvalue weighted by molar-refractivity contribution is 0.104. The Balaban J connectivity index is 2.10. The van der Waals surface area contributed by atoms with E-state index in [4.69, 9.17) is 0 Å². The molecule has 0 spiro atoms. The minimum atomic E-state index is -0.0776. The van der Waals surface area contributed by atoms with Crippen molar-refractivity contribution in [2.75, 3.05) is 0 Å². The molecule has 0 amide bonds. The number of aryl methyl sites for hydroxylation is 2. The lowest BCUT2D eigenvalue weighted by Gasteiger charge is -1.94. The largest absolute Gasteiger partial charge is 0.287 e. The summed E-state index contributed by atoms with van der Waals surface area (Å²) >= 11 is 0. The summed E-state index contributed by atoms with van der Waals surface area (Å²) in [5.74, 6) is -0.0776. The van der Waals surface area contributed by atoms with E-state index in [0.29, 0.717) is 5.69 Å². The van der Waals surface area contributed by atoms with Gasteiger partial charge in [-0.1, -0.05) is 35.9 Å². The average Bonchev–Trinajstić information content (AvgIpc) is 2.75. The Morgan fingerprint density at radius 2 is 1.94 bits per heavy atom. The highest BCUT2D eigenvalue weighted by Crippen LogP contribution is 2.06. The Bertz CT molecular complexity index is 550. The monoisotopic (exact) mass is 226 g/mol. The minimum Gasteiger partial charge on any atom is -0.287 e. The molecule has 0 radical (unpaired) electrons.